The number of amides is 1. The van der Waals surface area contributed by atoms with Crippen molar-refractivity contribution >= 4 is 17.3 Å². The lowest BCUT2D eigenvalue weighted by atomic mass is 10.1. The number of hydrogen-bond acceptors (Lipinski definition) is 5. The van der Waals surface area contributed by atoms with Crippen LogP contribution in [0.4, 0.5) is 5.69 Å². The molecule has 0 spiro atoms. The molecule has 0 aliphatic carbocycles. The van der Waals surface area contributed by atoms with Crippen LogP contribution >= 0.6 is 0 Å². The number of nitro groups is 1. The number of aromatic hydroxyl groups is 1. The first-order valence-corrected chi connectivity index (χ1v) is 6.78. The summed E-state index contributed by atoms with van der Waals surface area (Å²) in [6, 6.07) is 10.8. The van der Waals surface area contributed by atoms with Crippen LogP contribution in [-0.2, 0) is 0 Å². The van der Waals surface area contributed by atoms with Crippen LogP contribution in [0.2, 0.25) is 0 Å². The molecule has 2 aromatic rings. The molecular formula is C16H15N3O4. The lowest BCUT2D eigenvalue weighted by Gasteiger charge is -2.05. The molecule has 118 valence electrons. The number of aryl methyl sites for hydroxylation is 1. The van der Waals surface area contributed by atoms with Crippen molar-refractivity contribution in [2.24, 2.45) is 5.10 Å². The molecule has 0 atom stereocenters. The SMILES string of the molecule is CC(=NNC(=O)c1ccc(C)c([N+](=O)[O-])c1)c1ccccc1O. The summed E-state index contributed by atoms with van der Waals surface area (Å²) in [6.45, 7) is 3.23. The van der Waals surface area contributed by atoms with E-state index in [0.29, 0.717) is 16.8 Å². The zero-order chi connectivity index (χ0) is 17.0. The fourth-order valence-corrected chi connectivity index (χ4v) is 1.99. The van der Waals surface area contributed by atoms with Gasteiger partial charge in [-0.1, -0.05) is 18.2 Å². The molecule has 0 aliphatic rings. The largest absolute Gasteiger partial charge is 0.507 e. The Morgan fingerprint density at radius 3 is 2.61 bits per heavy atom. The Hall–Kier alpha value is -3.22. The number of nitrogens with zero attached hydrogens (tertiary/aromatic N) is 2. The Labute approximate surface area is 132 Å². The third-order valence-electron chi connectivity index (χ3n) is 3.29. The smallest absolute Gasteiger partial charge is 0.273 e. The molecule has 0 saturated heterocycles. The van der Waals surface area contributed by atoms with Gasteiger partial charge in [0, 0.05) is 22.8 Å². The number of para-hydroxylation sites is 1. The molecule has 2 aromatic carbocycles. The van der Waals surface area contributed by atoms with Gasteiger partial charge in [0.15, 0.2) is 0 Å². The number of nitrogens with one attached hydrogen (secondary N) is 1. The van der Waals surface area contributed by atoms with Crippen molar-refractivity contribution in [1.29, 1.82) is 0 Å². The molecule has 0 aromatic heterocycles. The zero-order valence-electron chi connectivity index (χ0n) is 12.6. The predicted molar refractivity (Wildman–Crippen MR) is 85.6 cm³/mol. The highest BCUT2D eigenvalue weighted by Crippen LogP contribution is 2.19. The molecular weight excluding hydrogens is 298 g/mol. The number of benzene rings is 2. The van der Waals surface area contributed by atoms with Gasteiger partial charge >= 0.3 is 0 Å². The fourth-order valence-electron chi connectivity index (χ4n) is 1.99. The van der Waals surface area contributed by atoms with Crippen LogP contribution in [0, 0.1) is 17.0 Å². The first-order chi connectivity index (χ1) is 10.9. The van der Waals surface area contributed by atoms with E-state index in [9.17, 15) is 20.0 Å². The van der Waals surface area contributed by atoms with Crippen LogP contribution in [-0.4, -0.2) is 21.6 Å². The summed E-state index contributed by atoms with van der Waals surface area (Å²) in [6.07, 6.45) is 0. The first-order valence-electron chi connectivity index (χ1n) is 6.78. The van der Waals surface area contributed by atoms with E-state index in [-0.39, 0.29) is 17.0 Å². The van der Waals surface area contributed by atoms with Crippen LogP contribution < -0.4 is 5.43 Å². The number of phenols is 1. The second-order valence-electron chi connectivity index (χ2n) is 4.91. The van der Waals surface area contributed by atoms with Gasteiger partial charge in [-0.15, -0.1) is 0 Å². The van der Waals surface area contributed by atoms with Crippen molar-refractivity contribution in [1.82, 2.24) is 5.43 Å². The zero-order valence-corrected chi connectivity index (χ0v) is 12.6. The highest BCUT2D eigenvalue weighted by Gasteiger charge is 2.15. The van der Waals surface area contributed by atoms with E-state index in [2.05, 4.69) is 10.5 Å². The number of hydrazone groups is 1. The fraction of sp³-hybridized carbons (Fsp3) is 0.125. The summed E-state index contributed by atoms with van der Waals surface area (Å²) in [4.78, 5) is 22.4. The number of phenolic OH excluding ortho intramolecular Hbond substituents is 1. The maximum Gasteiger partial charge on any atom is 0.273 e. The number of carbonyl (C=O) groups excluding carboxylic acids is 1. The third-order valence-corrected chi connectivity index (χ3v) is 3.29. The van der Waals surface area contributed by atoms with Crippen molar-refractivity contribution in [3.05, 3.63) is 69.3 Å². The molecule has 0 bridgehead atoms. The van der Waals surface area contributed by atoms with Gasteiger partial charge in [0.2, 0.25) is 0 Å². The first kappa shape index (κ1) is 16.2. The van der Waals surface area contributed by atoms with Gasteiger partial charge in [-0.2, -0.15) is 5.10 Å². The van der Waals surface area contributed by atoms with Gasteiger partial charge in [-0.05, 0) is 32.0 Å². The highest BCUT2D eigenvalue weighted by atomic mass is 16.6. The van der Waals surface area contributed by atoms with Gasteiger partial charge < -0.3 is 5.11 Å². The minimum atomic E-state index is -0.567. The average molecular weight is 313 g/mol. The topological polar surface area (TPSA) is 105 Å². The monoisotopic (exact) mass is 313 g/mol. The van der Waals surface area contributed by atoms with E-state index in [4.69, 9.17) is 0 Å². The molecule has 7 heteroatoms. The van der Waals surface area contributed by atoms with E-state index >= 15 is 0 Å². The van der Waals surface area contributed by atoms with Crippen molar-refractivity contribution in [3.63, 3.8) is 0 Å². The molecule has 1 amide bonds. The lowest BCUT2D eigenvalue weighted by molar-refractivity contribution is -0.385. The summed E-state index contributed by atoms with van der Waals surface area (Å²) >= 11 is 0. The minimum absolute atomic E-state index is 0.0500. The second-order valence-corrected chi connectivity index (χ2v) is 4.91. The highest BCUT2D eigenvalue weighted by molar-refractivity contribution is 6.02. The van der Waals surface area contributed by atoms with Crippen LogP contribution in [0.1, 0.15) is 28.4 Å². The summed E-state index contributed by atoms with van der Waals surface area (Å²) in [7, 11) is 0. The van der Waals surface area contributed by atoms with Gasteiger partial charge in [0.1, 0.15) is 5.75 Å². The Kier molecular flexibility index (Phi) is 4.70. The van der Waals surface area contributed by atoms with E-state index in [1.807, 2.05) is 0 Å². The van der Waals surface area contributed by atoms with E-state index in [1.165, 1.54) is 24.3 Å². The summed E-state index contributed by atoms with van der Waals surface area (Å²) in [5, 5.41) is 24.5. The van der Waals surface area contributed by atoms with Crippen LogP contribution in [0.5, 0.6) is 5.75 Å². The Morgan fingerprint density at radius 2 is 1.96 bits per heavy atom. The second kappa shape index (κ2) is 6.69. The molecule has 23 heavy (non-hydrogen) atoms. The number of hydrogen-bond donors (Lipinski definition) is 2. The molecule has 2 rings (SSSR count). The normalized spacial score (nSPS) is 11.1. The number of carbonyl (C=O) groups is 1. The molecule has 0 saturated carbocycles. The predicted octanol–water partition coefficient (Wildman–Crippen LogP) is 2.76. The van der Waals surface area contributed by atoms with Gasteiger partial charge in [0.05, 0.1) is 10.6 Å². The summed E-state index contributed by atoms with van der Waals surface area (Å²) < 4.78 is 0. The van der Waals surface area contributed by atoms with E-state index in [1.54, 1.807) is 32.0 Å². The van der Waals surface area contributed by atoms with Crippen molar-refractivity contribution in [2.45, 2.75) is 13.8 Å². The number of rotatable bonds is 4. The van der Waals surface area contributed by atoms with Gasteiger partial charge in [0.25, 0.3) is 11.6 Å². The van der Waals surface area contributed by atoms with E-state index < -0.39 is 10.8 Å². The van der Waals surface area contributed by atoms with Crippen molar-refractivity contribution in [3.8, 4) is 5.75 Å². The molecule has 0 aliphatic heterocycles. The maximum atomic E-state index is 12.0. The molecule has 0 radical (unpaired) electrons. The lowest BCUT2D eigenvalue weighted by Crippen LogP contribution is -2.19. The molecule has 0 unspecified atom stereocenters. The van der Waals surface area contributed by atoms with Gasteiger partial charge in [-0.25, -0.2) is 5.43 Å². The van der Waals surface area contributed by atoms with Crippen LogP contribution in [0.25, 0.3) is 0 Å². The maximum absolute atomic E-state index is 12.0. The minimum Gasteiger partial charge on any atom is -0.507 e. The summed E-state index contributed by atoms with van der Waals surface area (Å²) in [5.74, 6) is -0.517. The molecule has 2 N–H and O–H groups in total. The van der Waals surface area contributed by atoms with Gasteiger partial charge in [-0.3, -0.25) is 14.9 Å². The Bertz CT molecular complexity index is 800. The van der Waals surface area contributed by atoms with Crippen molar-refractivity contribution < 1.29 is 14.8 Å². The Balaban J connectivity index is 2.20. The molecule has 7 nitrogen and oxygen atoms in total. The number of nitro benzene ring substituents is 1. The summed E-state index contributed by atoms with van der Waals surface area (Å²) in [5.41, 5.74) is 3.71. The Morgan fingerprint density at radius 1 is 1.26 bits per heavy atom. The van der Waals surface area contributed by atoms with Crippen LogP contribution in [0.3, 0.4) is 0 Å². The molecule has 0 heterocycles. The molecule has 0 fully saturated rings. The standard InChI is InChI=1S/C16H15N3O4/c1-10-7-8-12(9-14(10)19(22)23)16(21)18-17-11(2)13-5-3-4-6-15(13)20/h3-9,20H,1-2H3,(H,18,21). The average Bonchev–Trinajstić information content (AvgIpc) is 2.52. The van der Waals surface area contributed by atoms with E-state index in [0.717, 1.165) is 0 Å². The van der Waals surface area contributed by atoms with Crippen LogP contribution in [0.15, 0.2) is 47.6 Å². The van der Waals surface area contributed by atoms with Crippen molar-refractivity contribution in [2.75, 3.05) is 0 Å². The third kappa shape index (κ3) is 3.70. The quantitative estimate of drug-likeness (QED) is 0.514.